The number of ketones is 2. The van der Waals surface area contributed by atoms with E-state index < -0.39 is 23.5 Å². The molecule has 1 saturated heterocycles. The minimum atomic E-state index is -0.812. The van der Waals surface area contributed by atoms with Crippen LogP contribution in [0.15, 0.2) is 42.6 Å². The van der Waals surface area contributed by atoms with Crippen LogP contribution in [-0.2, 0) is 27.8 Å². The van der Waals surface area contributed by atoms with Gasteiger partial charge in [0.15, 0.2) is 0 Å². The number of piperidine rings is 1. The normalized spacial score (nSPS) is 14.9. The molecule has 200 valence electrons. The number of fused-ring (bicyclic) bond motifs is 1. The number of halogens is 1. The SMILES string of the molecule is COC(=O)CC(C)C(=O)C(=O)c1cn(C)c2cc(C)c(C(=O)N3CCC(Cc4ccc(F)cc4)CC3)cc12. The molecule has 1 aromatic heterocycles. The van der Waals surface area contributed by atoms with Gasteiger partial charge >= 0.3 is 5.97 Å². The van der Waals surface area contributed by atoms with Crippen LogP contribution in [0.5, 0.6) is 0 Å². The molecule has 1 unspecified atom stereocenters. The lowest BCUT2D eigenvalue weighted by Crippen LogP contribution is -2.39. The zero-order valence-electron chi connectivity index (χ0n) is 22.3. The van der Waals surface area contributed by atoms with Crippen molar-refractivity contribution in [3.8, 4) is 0 Å². The van der Waals surface area contributed by atoms with Crippen LogP contribution in [0.25, 0.3) is 10.9 Å². The third-order valence-electron chi connectivity index (χ3n) is 7.52. The van der Waals surface area contributed by atoms with Crippen molar-refractivity contribution in [1.29, 1.82) is 0 Å². The standard InChI is InChI=1S/C30H33FN2O5/c1-18-13-26-24(25(17-32(26)3)29(36)28(35)19(2)14-27(34)38-4)16-23(18)30(37)33-11-9-21(10-12-33)15-20-5-7-22(31)8-6-20/h5-8,13,16-17,19,21H,9-12,14-15H2,1-4H3. The molecule has 0 N–H and O–H groups in total. The molecular formula is C30H33FN2O5. The molecule has 0 spiro atoms. The number of likely N-dealkylation sites (tertiary alicyclic amines) is 1. The molecule has 0 saturated carbocycles. The van der Waals surface area contributed by atoms with Crippen molar-refractivity contribution in [3.05, 3.63) is 70.7 Å². The van der Waals surface area contributed by atoms with E-state index in [1.807, 2.05) is 30.0 Å². The molecule has 1 fully saturated rings. The Hall–Kier alpha value is -3.81. The van der Waals surface area contributed by atoms with Crippen LogP contribution >= 0.6 is 0 Å². The second kappa shape index (κ2) is 11.3. The molecule has 0 radical (unpaired) electrons. The summed E-state index contributed by atoms with van der Waals surface area (Å²) < 4.78 is 19.6. The Morgan fingerprint density at radius 1 is 1.05 bits per heavy atom. The lowest BCUT2D eigenvalue weighted by Gasteiger charge is -2.32. The molecule has 1 amide bonds. The Bertz CT molecular complexity index is 1380. The maximum absolute atomic E-state index is 13.5. The van der Waals surface area contributed by atoms with E-state index in [-0.39, 0.29) is 23.7 Å². The summed E-state index contributed by atoms with van der Waals surface area (Å²) in [5, 5.41) is 0.538. The highest BCUT2D eigenvalue weighted by molar-refractivity contribution is 6.46. The molecule has 3 aromatic rings. The maximum atomic E-state index is 13.5. The molecule has 0 bridgehead atoms. The van der Waals surface area contributed by atoms with Crippen molar-refractivity contribution in [2.24, 2.45) is 18.9 Å². The second-order valence-electron chi connectivity index (χ2n) is 10.3. The third-order valence-corrected chi connectivity index (χ3v) is 7.52. The van der Waals surface area contributed by atoms with Crippen molar-refractivity contribution in [2.75, 3.05) is 20.2 Å². The van der Waals surface area contributed by atoms with Gasteiger partial charge in [-0.3, -0.25) is 19.2 Å². The van der Waals surface area contributed by atoms with E-state index in [9.17, 15) is 23.6 Å². The zero-order chi connectivity index (χ0) is 27.6. The van der Waals surface area contributed by atoms with E-state index in [0.717, 1.165) is 35.9 Å². The molecule has 0 aliphatic carbocycles. The molecular weight excluding hydrogens is 487 g/mol. The fraction of sp³-hybridized carbons (Fsp3) is 0.400. The molecule has 8 heteroatoms. The smallest absolute Gasteiger partial charge is 0.306 e. The number of Topliss-reactive ketones (excluding diaryl/α,β-unsaturated/α-hetero) is 2. The average Bonchev–Trinajstić information content (AvgIpc) is 3.23. The van der Waals surface area contributed by atoms with E-state index in [0.29, 0.717) is 30.0 Å². The number of nitrogens with zero attached hydrogens (tertiary/aromatic N) is 2. The van der Waals surface area contributed by atoms with E-state index in [1.54, 1.807) is 23.9 Å². The Kier molecular flexibility index (Phi) is 8.09. The monoisotopic (exact) mass is 520 g/mol. The molecule has 1 atom stereocenters. The van der Waals surface area contributed by atoms with Crippen LogP contribution in [0.3, 0.4) is 0 Å². The summed E-state index contributed by atoms with van der Waals surface area (Å²) in [7, 11) is 3.02. The highest BCUT2D eigenvalue weighted by Gasteiger charge is 2.29. The number of hydrogen-bond donors (Lipinski definition) is 0. The Morgan fingerprint density at radius 2 is 1.71 bits per heavy atom. The number of aryl methyl sites for hydroxylation is 2. The van der Waals surface area contributed by atoms with Crippen LogP contribution < -0.4 is 0 Å². The van der Waals surface area contributed by atoms with Gasteiger partial charge in [0.2, 0.25) is 11.6 Å². The zero-order valence-corrected chi connectivity index (χ0v) is 22.3. The minimum Gasteiger partial charge on any atom is -0.469 e. The number of aromatic nitrogens is 1. The number of hydrogen-bond acceptors (Lipinski definition) is 5. The lowest BCUT2D eigenvalue weighted by molar-refractivity contribution is -0.143. The fourth-order valence-electron chi connectivity index (χ4n) is 5.19. The van der Waals surface area contributed by atoms with Crippen LogP contribution in [0.1, 0.15) is 58.0 Å². The molecule has 4 rings (SSSR count). The Balaban J connectivity index is 1.51. The summed E-state index contributed by atoms with van der Waals surface area (Å²) in [6.07, 6.45) is 3.99. The van der Waals surface area contributed by atoms with Crippen LogP contribution in [0.4, 0.5) is 4.39 Å². The Morgan fingerprint density at radius 3 is 2.34 bits per heavy atom. The molecule has 2 heterocycles. The fourth-order valence-corrected chi connectivity index (χ4v) is 5.19. The number of esters is 1. The summed E-state index contributed by atoms with van der Waals surface area (Å²) >= 11 is 0. The number of carbonyl (C=O) groups excluding carboxylic acids is 4. The number of rotatable bonds is 8. The van der Waals surface area contributed by atoms with Crippen molar-refractivity contribution < 1.29 is 28.3 Å². The van der Waals surface area contributed by atoms with Gasteiger partial charge < -0.3 is 14.2 Å². The maximum Gasteiger partial charge on any atom is 0.306 e. The summed E-state index contributed by atoms with van der Waals surface area (Å²) in [5.74, 6) is -2.64. The van der Waals surface area contributed by atoms with Gasteiger partial charge in [-0.1, -0.05) is 19.1 Å². The van der Waals surface area contributed by atoms with Gasteiger partial charge in [-0.2, -0.15) is 0 Å². The first-order valence-electron chi connectivity index (χ1n) is 12.9. The number of benzene rings is 2. The number of amides is 1. The predicted octanol–water partition coefficient (Wildman–Crippen LogP) is 4.67. The van der Waals surface area contributed by atoms with Crippen LogP contribution in [0, 0.1) is 24.6 Å². The van der Waals surface area contributed by atoms with Crippen molar-refractivity contribution in [1.82, 2.24) is 9.47 Å². The Labute approximate surface area is 221 Å². The molecule has 1 aliphatic rings. The van der Waals surface area contributed by atoms with Crippen molar-refractivity contribution in [3.63, 3.8) is 0 Å². The van der Waals surface area contributed by atoms with Gasteiger partial charge in [0.05, 0.1) is 19.1 Å². The van der Waals surface area contributed by atoms with E-state index in [2.05, 4.69) is 4.74 Å². The summed E-state index contributed by atoms with van der Waals surface area (Å²) in [5.41, 5.74) is 3.35. The van der Waals surface area contributed by atoms with Gasteiger partial charge in [0.1, 0.15) is 5.82 Å². The first kappa shape index (κ1) is 27.2. The first-order valence-corrected chi connectivity index (χ1v) is 12.9. The summed E-state index contributed by atoms with van der Waals surface area (Å²) in [4.78, 5) is 52.9. The molecule has 7 nitrogen and oxygen atoms in total. The van der Waals surface area contributed by atoms with E-state index >= 15 is 0 Å². The van der Waals surface area contributed by atoms with Gasteiger partial charge in [0.25, 0.3) is 5.91 Å². The highest BCUT2D eigenvalue weighted by Crippen LogP contribution is 2.29. The van der Waals surface area contributed by atoms with Gasteiger partial charge in [-0.15, -0.1) is 0 Å². The van der Waals surface area contributed by atoms with Crippen molar-refractivity contribution >= 4 is 34.3 Å². The van der Waals surface area contributed by atoms with Crippen molar-refractivity contribution in [2.45, 2.75) is 39.5 Å². The summed E-state index contributed by atoms with van der Waals surface area (Å²) in [6, 6.07) is 10.1. The second-order valence-corrected chi connectivity index (χ2v) is 10.3. The molecule has 2 aromatic carbocycles. The largest absolute Gasteiger partial charge is 0.469 e. The van der Waals surface area contributed by atoms with Crippen LogP contribution in [0.2, 0.25) is 0 Å². The number of ether oxygens (including phenoxy) is 1. The van der Waals surface area contributed by atoms with E-state index in [1.165, 1.54) is 26.2 Å². The first-order chi connectivity index (χ1) is 18.1. The topological polar surface area (TPSA) is 85.7 Å². The average molecular weight is 521 g/mol. The molecule has 1 aliphatic heterocycles. The predicted molar refractivity (Wildman–Crippen MR) is 142 cm³/mol. The van der Waals surface area contributed by atoms with E-state index in [4.69, 9.17) is 0 Å². The third kappa shape index (κ3) is 5.69. The lowest BCUT2D eigenvalue weighted by atomic mass is 9.89. The summed E-state index contributed by atoms with van der Waals surface area (Å²) in [6.45, 7) is 4.63. The quantitative estimate of drug-likeness (QED) is 0.245. The number of carbonyl (C=O) groups is 4. The van der Waals surface area contributed by atoms with Gasteiger partial charge in [0, 0.05) is 48.7 Å². The van der Waals surface area contributed by atoms with Gasteiger partial charge in [-0.25, -0.2) is 4.39 Å². The highest BCUT2D eigenvalue weighted by atomic mass is 19.1. The number of methoxy groups -OCH3 is 1. The minimum absolute atomic E-state index is 0.0997. The van der Waals surface area contributed by atoms with Crippen LogP contribution in [-0.4, -0.2) is 53.1 Å². The van der Waals surface area contributed by atoms with Gasteiger partial charge in [-0.05, 0) is 67.5 Å². The molecule has 38 heavy (non-hydrogen) atoms.